The van der Waals surface area contributed by atoms with Crippen LogP contribution in [0.3, 0.4) is 0 Å². The van der Waals surface area contributed by atoms with E-state index < -0.39 is 74.3 Å². The lowest BCUT2D eigenvalue weighted by molar-refractivity contribution is -0.141. The summed E-state index contributed by atoms with van der Waals surface area (Å²) in [5, 5.41) is 14.9. The van der Waals surface area contributed by atoms with Crippen LogP contribution in [0.1, 0.15) is 84.6 Å². The molecule has 14 nitrogen and oxygen atoms in total. The number of allylic oxidation sites excluding steroid dienone is 1. The number of benzene rings is 2. The van der Waals surface area contributed by atoms with Crippen LogP contribution < -0.4 is 15.4 Å². The summed E-state index contributed by atoms with van der Waals surface area (Å²) in [6.45, 7) is 5.25. The van der Waals surface area contributed by atoms with E-state index in [0.717, 1.165) is 24.0 Å². The van der Waals surface area contributed by atoms with Gasteiger partial charge in [0.2, 0.25) is 21.8 Å². The molecular weight excluding hydrogens is 723 g/mol. The van der Waals surface area contributed by atoms with Gasteiger partial charge in [0.05, 0.1) is 11.3 Å². The van der Waals surface area contributed by atoms with Gasteiger partial charge in [0.25, 0.3) is 5.91 Å². The van der Waals surface area contributed by atoms with Gasteiger partial charge < -0.3 is 20.3 Å². The molecule has 15 heteroatoms. The number of carbonyl (C=O) groups excluding carboxylic acids is 4. The molecule has 2 aromatic carbocycles. The van der Waals surface area contributed by atoms with Crippen molar-refractivity contribution in [3.8, 4) is 22.5 Å². The highest BCUT2D eigenvalue weighted by Gasteiger charge is 2.62. The molecule has 4 amide bonds. The van der Waals surface area contributed by atoms with E-state index in [1.165, 1.54) is 4.90 Å². The standard InChI is InChI=1S/C40H49N7O7S/c1-39(2,3)54-38(51)41-31-20-14-6-4-5-13-19-28-24-40(28,37(50)45-55(52,53)30-21-22-30)42-35(48)32-23-29(25-46(32)36(31)49)47-43-33(26-15-9-7-10-16-26)34(44-47)27-17-11-8-12-18-27/h7-13,15-19,28-32H,4-6,14,20-25H2,1-3H3,(H,41,51)(H,42,48)(H,45,50)/b19-13+/t28-,29-,31-,32+,40-/m1/s1. The van der Waals surface area contributed by atoms with E-state index in [1.807, 2.05) is 72.8 Å². The van der Waals surface area contributed by atoms with Crippen molar-refractivity contribution in [2.24, 2.45) is 5.92 Å². The zero-order chi connectivity index (χ0) is 39.0. The number of nitrogens with zero attached hydrogens (tertiary/aromatic N) is 4. The third-order valence-corrected chi connectivity index (χ3v) is 12.4. The fraction of sp³-hybridized carbons (Fsp3) is 0.500. The van der Waals surface area contributed by atoms with Gasteiger partial charge in [-0.15, -0.1) is 0 Å². The van der Waals surface area contributed by atoms with Gasteiger partial charge in [-0.3, -0.25) is 19.1 Å². The van der Waals surface area contributed by atoms with Crippen molar-refractivity contribution in [1.82, 2.24) is 35.2 Å². The monoisotopic (exact) mass is 771 g/mol. The van der Waals surface area contributed by atoms with E-state index in [2.05, 4.69) is 15.4 Å². The SMILES string of the molecule is CC(C)(C)OC(=O)N[C@@H]1CCCCC/C=C/[C@@H]2C[C@@]2(C(=O)NS(=O)(=O)C2CC2)NC(=O)[C@@H]2C[C@@H](n3nc(-c4ccccc4)c(-c4ccccc4)n3)CN2C1=O. The van der Waals surface area contributed by atoms with E-state index in [0.29, 0.717) is 43.5 Å². The summed E-state index contributed by atoms with van der Waals surface area (Å²) >= 11 is 0. The number of amides is 4. The Morgan fingerprint density at radius 1 is 0.909 bits per heavy atom. The average molecular weight is 772 g/mol. The van der Waals surface area contributed by atoms with Crippen LogP contribution >= 0.6 is 0 Å². The first-order chi connectivity index (χ1) is 26.2. The summed E-state index contributed by atoms with van der Waals surface area (Å²) < 4.78 is 33.5. The van der Waals surface area contributed by atoms with E-state index in [9.17, 15) is 27.6 Å². The first kappa shape index (κ1) is 38.2. The largest absolute Gasteiger partial charge is 0.444 e. The molecule has 5 atom stereocenters. The molecular formula is C40H49N7O7S. The minimum Gasteiger partial charge on any atom is -0.444 e. The number of fused-ring (bicyclic) bond motifs is 2. The Kier molecular flexibility index (Phi) is 10.6. The first-order valence-corrected chi connectivity index (χ1v) is 20.7. The number of carbonyl (C=O) groups is 4. The van der Waals surface area contributed by atoms with Gasteiger partial charge in [0, 0.05) is 30.0 Å². The lowest BCUT2D eigenvalue weighted by Gasteiger charge is -2.30. The third kappa shape index (κ3) is 8.61. The second-order valence-corrected chi connectivity index (χ2v) is 18.0. The van der Waals surface area contributed by atoms with Gasteiger partial charge in [0.15, 0.2) is 0 Å². The Labute approximate surface area is 321 Å². The van der Waals surface area contributed by atoms with Crippen LogP contribution in [0.4, 0.5) is 4.79 Å². The van der Waals surface area contributed by atoms with E-state index in [1.54, 1.807) is 25.6 Å². The van der Waals surface area contributed by atoms with Crippen molar-refractivity contribution < 1.29 is 32.3 Å². The van der Waals surface area contributed by atoms with Crippen molar-refractivity contribution in [1.29, 1.82) is 0 Å². The van der Waals surface area contributed by atoms with Crippen LogP contribution in [0, 0.1) is 5.92 Å². The predicted molar refractivity (Wildman–Crippen MR) is 204 cm³/mol. The third-order valence-electron chi connectivity index (χ3n) is 10.6. The van der Waals surface area contributed by atoms with Crippen molar-refractivity contribution >= 4 is 33.8 Å². The van der Waals surface area contributed by atoms with Crippen LogP contribution in [0.15, 0.2) is 72.8 Å². The van der Waals surface area contributed by atoms with Crippen LogP contribution in [0.2, 0.25) is 0 Å². The Morgan fingerprint density at radius 2 is 1.55 bits per heavy atom. The molecule has 0 radical (unpaired) electrons. The van der Waals surface area contributed by atoms with E-state index in [4.69, 9.17) is 14.9 Å². The zero-order valence-electron chi connectivity index (χ0n) is 31.4. The van der Waals surface area contributed by atoms with Gasteiger partial charge in [-0.05, 0) is 59.3 Å². The molecule has 1 aromatic heterocycles. The first-order valence-electron chi connectivity index (χ1n) is 19.2. The summed E-state index contributed by atoms with van der Waals surface area (Å²) in [6, 6.07) is 16.6. The van der Waals surface area contributed by atoms with Crippen LogP contribution in [-0.4, -0.2) is 87.1 Å². The minimum atomic E-state index is -3.89. The fourth-order valence-electron chi connectivity index (χ4n) is 7.46. The summed E-state index contributed by atoms with van der Waals surface area (Å²) in [4.78, 5) is 59.0. The van der Waals surface area contributed by atoms with Crippen molar-refractivity contribution in [3.63, 3.8) is 0 Å². The van der Waals surface area contributed by atoms with Gasteiger partial charge in [-0.25, -0.2) is 13.2 Å². The number of hydrogen-bond donors (Lipinski definition) is 3. The van der Waals surface area contributed by atoms with Gasteiger partial charge in [-0.1, -0.05) is 85.7 Å². The molecule has 3 fully saturated rings. The van der Waals surface area contributed by atoms with Crippen molar-refractivity contribution in [2.75, 3.05) is 6.54 Å². The summed E-state index contributed by atoms with van der Waals surface area (Å²) in [5.74, 6) is -2.27. The highest BCUT2D eigenvalue weighted by Crippen LogP contribution is 2.46. The maximum absolute atomic E-state index is 14.6. The average Bonchev–Trinajstić information content (AvgIpc) is 4.03. The normalized spacial score (nSPS) is 26.7. The topological polar surface area (TPSA) is 182 Å². The molecule has 2 saturated carbocycles. The molecule has 0 spiro atoms. The zero-order valence-corrected chi connectivity index (χ0v) is 32.3. The maximum atomic E-state index is 14.6. The van der Waals surface area contributed by atoms with E-state index >= 15 is 0 Å². The molecule has 292 valence electrons. The Bertz CT molecular complexity index is 2000. The summed E-state index contributed by atoms with van der Waals surface area (Å²) in [7, 11) is -3.89. The number of nitrogens with one attached hydrogen (secondary N) is 3. The maximum Gasteiger partial charge on any atom is 0.408 e. The number of alkyl carbamates (subject to hydrolysis) is 1. The van der Waals surface area contributed by atoms with Crippen molar-refractivity contribution in [2.45, 2.75) is 113 Å². The second-order valence-electron chi connectivity index (χ2n) is 16.1. The predicted octanol–water partition coefficient (Wildman–Crippen LogP) is 4.65. The quantitative estimate of drug-likeness (QED) is 0.288. The molecule has 2 aliphatic heterocycles. The molecule has 2 aliphatic carbocycles. The van der Waals surface area contributed by atoms with Gasteiger partial charge in [-0.2, -0.15) is 15.0 Å². The van der Waals surface area contributed by atoms with E-state index in [-0.39, 0.29) is 19.4 Å². The highest BCUT2D eigenvalue weighted by molar-refractivity contribution is 7.91. The Balaban J connectivity index is 1.24. The number of hydrogen-bond acceptors (Lipinski definition) is 9. The fourth-order valence-corrected chi connectivity index (χ4v) is 8.83. The second kappa shape index (κ2) is 15.2. The van der Waals surface area contributed by atoms with Crippen LogP contribution in [-0.2, 0) is 29.1 Å². The molecule has 3 aromatic rings. The number of rotatable bonds is 7. The lowest BCUT2D eigenvalue weighted by Crippen LogP contribution is -2.58. The molecule has 0 bridgehead atoms. The van der Waals surface area contributed by atoms with Gasteiger partial charge >= 0.3 is 6.09 Å². The molecule has 3 N–H and O–H groups in total. The molecule has 0 unspecified atom stereocenters. The highest BCUT2D eigenvalue weighted by atomic mass is 32.2. The van der Waals surface area contributed by atoms with Crippen LogP contribution in [0.5, 0.6) is 0 Å². The Morgan fingerprint density at radius 3 is 2.15 bits per heavy atom. The number of aromatic nitrogens is 3. The lowest BCUT2D eigenvalue weighted by atomic mass is 10.0. The number of ether oxygens (including phenoxy) is 1. The minimum absolute atomic E-state index is 0.0408. The smallest absolute Gasteiger partial charge is 0.408 e. The van der Waals surface area contributed by atoms with Gasteiger partial charge in [0.1, 0.15) is 34.6 Å². The molecule has 3 heterocycles. The Hall–Kier alpha value is -5.05. The number of sulfonamides is 1. The molecule has 55 heavy (non-hydrogen) atoms. The summed E-state index contributed by atoms with van der Waals surface area (Å²) in [5.41, 5.74) is 0.660. The molecule has 7 rings (SSSR count). The molecule has 1 saturated heterocycles. The summed E-state index contributed by atoms with van der Waals surface area (Å²) in [6.07, 6.45) is 7.58. The van der Waals surface area contributed by atoms with Crippen molar-refractivity contribution in [3.05, 3.63) is 72.8 Å². The molecule has 4 aliphatic rings. The van der Waals surface area contributed by atoms with Crippen LogP contribution in [0.25, 0.3) is 22.5 Å².